The summed E-state index contributed by atoms with van der Waals surface area (Å²) >= 11 is 6.10. The second-order valence-corrected chi connectivity index (χ2v) is 8.03. The van der Waals surface area contributed by atoms with E-state index in [1.54, 1.807) is 12.1 Å². The molecule has 0 spiro atoms. The zero-order valence-corrected chi connectivity index (χ0v) is 18.6. The first-order chi connectivity index (χ1) is 16.4. The van der Waals surface area contributed by atoms with Crippen molar-refractivity contribution in [2.45, 2.75) is 17.9 Å². The van der Waals surface area contributed by atoms with Gasteiger partial charge in [-0.15, -0.1) is 0 Å². The van der Waals surface area contributed by atoms with Crippen molar-refractivity contribution in [3.8, 4) is 23.2 Å². The Labute approximate surface area is 200 Å². The summed E-state index contributed by atoms with van der Waals surface area (Å²) in [5.41, 5.74) is 4.49. The van der Waals surface area contributed by atoms with Crippen molar-refractivity contribution in [3.63, 3.8) is 0 Å². The molecular formula is C22H15ClF3N5O4. The van der Waals surface area contributed by atoms with Crippen LogP contribution >= 0.6 is 11.6 Å². The van der Waals surface area contributed by atoms with Crippen molar-refractivity contribution >= 4 is 40.2 Å². The van der Waals surface area contributed by atoms with Gasteiger partial charge in [0.05, 0.1) is 28.7 Å². The van der Waals surface area contributed by atoms with Gasteiger partial charge in [-0.1, -0.05) is 29.7 Å². The number of nitrogens with zero attached hydrogens (tertiary/aromatic N) is 4. The quantitative estimate of drug-likeness (QED) is 0.399. The van der Waals surface area contributed by atoms with E-state index < -0.39 is 36.3 Å². The van der Waals surface area contributed by atoms with Crippen molar-refractivity contribution in [1.29, 1.82) is 0 Å². The lowest BCUT2D eigenvalue weighted by Gasteiger charge is -2.21. The number of aromatic nitrogens is 3. The number of hydrogen-bond acceptors (Lipinski definition) is 8. The topological polar surface area (TPSA) is 132 Å². The van der Waals surface area contributed by atoms with Crippen LogP contribution in [0.2, 0.25) is 5.02 Å². The highest BCUT2D eigenvalue weighted by molar-refractivity contribution is 6.36. The molecule has 9 nitrogen and oxygen atoms in total. The number of hydrogen-bond donors (Lipinski definition) is 2. The highest BCUT2D eigenvalue weighted by atomic mass is 35.5. The molecule has 1 fully saturated rings. The monoisotopic (exact) mass is 505 g/mol. The number of alkyl halides is 3. The number of fused-ring (bicyclic) bond motifs is 1. The van der Waals surface area contributed by atoms with Gasteiger partial charge >= 0.3 is 12.1 Å². The highest BCUT2D eigenvalue weighted by Crippen LogP contribution is 2.29. The number of rotatable bonds is 2. The van der Waals surface area contributed by atoms with E-state index in [-0.39, 0.29) is 22.2 Å². The van der Waals surface area contributed by atoms with Crippen LogP contribution < -0.4 is 5.73 Å². The van der Waals surface area contributed by atoms with Crippen molar-refractivity contribution < 1.29 is 32.6 Å². The summed E-state index contributed by atoms with van der Waals surface area (Å²) in [5, 5.41) is 11.5. The largest absolute Gasteiger partial charge is 0.490 e. The maximum atomic E-state index is 12.6. The Morgan fingerprint density at radius 3 is 2.80 bits per heavy atom. The van der Waals surface area contributed by atoms with Crippen LogP contribution in [-0.2, 0) is 14.3 Å². The summed E-state index contributed by atoms with van der Waals surface area (Å²) in [7, 11) is 1.24. The average Bonchev–Trinajstić information content (AvgIpc) is 3.01. The molecule has 4 rings (SSSR count). The molecule has 180 valence electrons. The van der Waals surface area contributed by atoms with Gasteiger partial charge in [0, 0.05) is 24.4 Å². The SMILES string of the molecule is CN1CC(OC(=O)C(F)(F)F)[C@](O)(C#Cc2cccc(-c3nc(N)c4c(Cl)cncc4n3)c2)C1=O. The number of benzene rings is 1. The molecule has 1 saturated heterocycles. The van der Waals surface area contributed by atoms with Gasteiger partial charge in [-0.3, -0.25) is 9.78 Å². The number of nitrogen functional groups attached to an aromatic ring is 1. The number of ether oxygens (including phenoxy) is 1. The van der Waals surface area contributed by atoms with Gasteiger partial charge in [-0.05, 0) is 18.1 Å². The third kappa shape index (κ3) is 4.55. The maximum absolute atomic E-state index is 12.6. The van der Waals surface area contributed by atoms with Crippen LogP contribution in [0.1, 0.15) is 5.56 Å². The van der Waals surface area contributed by atoms with E-state index in [0.29, 0.717) is 16.5 Å². The molecule has 1 aliphatic rings. The zero-order valence-electron chi connectivity index (χ0n) is 17.8. The molecule has 3 heterocycles. The smallest absolute Gasteiger partial charge is 0.449 e. The Morgan fingerprint density at radius 1 is 1.34 bits per heavy atom. The van der Waals surface area contributed by atoms with Gasteiger partial charge in [-0.25, -0.2) is 14.8 Å². The lowest BCUT2D eigenvalue weighted by Crippen LogP contribution is -2.47. The van der Waals surface area contributed by atoms with Crippen LogP contribution in [0.15, 0.2) is 36.7 Å². The number of carbonyl (C=O) groups is 2. The molecule has 0 bridgehead atoms. The summed E-state index contributed by atoms with van der Waals surface area (Å²) in [5.74, 6) is 1.62. The molecule has 0 aliphatic carbocycles. The minimum Gasteiger partial charge on any atom is -0.449 e. The fourth-order valence-electron chi connectivity index (χ4n) is 3.45. The number of likely N-dealkylation sites (N-methyl/N-ethyl adjacent to an activating group) is 1. The second-order valence-electron chi connectivity index (χ2n) is 7.62. The third-order valence-corrected chi connectivity index (χ3v) is 5.45. The molecule has 1 amide bonds. The second kappa shape index (κ2) is 8.68. The molecule has 0 radical (unpaired) electrons. The number of esters is 1. The fourth-order valence-corrected chi connectivity index (χ4v) is 3.70. The summed E-state index contributed by atoms with van der Waals surface area (Å²) in [6, 6.07) is 6.30. The van der Waals surface area contributed by atoms with E-state index in [1.807, 2.05) is 0 Å². The maximum Gasteiger partial charge on any atom is 0.490 e. The molecule has 0 saturated carbocycles. The predicted octanol–water partition coefficient (Wildman–Crippen LogP) is 1.96. The summed E-state index contributed by atoms with van der Waals surface area (Å²) in [6.07, 6.45) is -4.27. The van der Waals surface area contributed by atoms with E-state index >= 15 is 0 Å². The normalized spacial score (nSPS) is 20.0. The van der Waals surface area contributed by atoms with Crippen LogP contribution in [0, 0.1) is 11.8 Å². The fraction of sp³-hybridized carbons (Fsp3) is 0.227. The van der Waals surface area contributed by atoms with E-state index in [9.17, 15) is 27.9 Å². The molecular weight excluding hydrogens is 491 g/mol. The van der Waals surface area contributed by atoms with Crippen molar-refractivity contribution in [2.75, 3.05) is 19.3 Å². The lowest BCUT2D eigenvalue weighted by atomic mass is 9.99. The highest BCUT2D eigenvalue weighted by Gasteiger charge is 2.56. The van der Waals surface area contributed by atoms with Crippen molar-refractivity contribution in [3.05, 3.63) is 47.2 Å². The number of likely N-dealkylation sites (tertiary alicyclic amines) is 1. The van der Waals surface area contributed by atoms with Gasteiger partial charge in [0.25, 0.3) is 5.91 Å². The van der Waals surface area contributed by atoms with Crippen LogP contribution in [-0.4, -0.2) is 68.3 Å². The lowest BCUT2D eigenvalue weighted by molar-refractivity contribution is -0.209. The van der Waals surface area contributed by atoms with E-state index in [0.717, 1.165) is 4.90 Å². The zero-order chi connectivity index (χ0) is 25.5. The number of aliphatic hydroxyl groups is 1. The minimum absolute atomic E-state index is 0.122. The molecule has 3 aromatic rings. The number of pyridine rings is 1. The Hall–Kier alpha value is -3.95. The minimum atomic E-state index is -5.30. The Balaban J connectivity index is 1.68. The first-order valence-electron chi connectivity index (χ1n) is 9.86. The Morgan fingerprint density at radius 2 is 2.09 bits per heavy atom. The standard InChI is InChI=1S/C22H15ClF3N5O4/c1-31-10-15(35-20(33)22(24,25)26)21(34,19(31)32)6-5-11-3-2-4-12(7-11)18-29-14-9-28-8-13(23)16(14)17(27)30-18/h2-4,7-9,15,34H,10H2,1H3,(H2,27,29,30)/t15?,21-/m1/s1. The Bertz CT molecular complexity index is 1420. The van der Waals surface area contributed by atoms with Crippen LogP contribution in [0.3, 0.4) is 0 Å². The van der Waals surface area contributed by atoms with Crippen molar-refractivity contribution in [1.82, 2.24) is 19.9 Å². The molecule has 1 aromatic carbocycles. The molecule has 2 atom stereocenters. The number of anilines is 1. The first kappa shape index (κ1) is 24.2. The Kier molecular flexibility index (Phi) is 6.00. The average molecular weight is 506 g/mol. The van der Waals surface area contributed by atoms with Gasteiger partial charge in [0.2, 0.25) is 5.60 Å². The van der Waals surface area contributed by atoms with Crippen LogP contribution in [0.5, 0.6) is 0 Å². The third-order valence-electron chi connectivity index (χ3n) is 5.17. The van der Waals surface area contributed by atoms with E-state index in [1.165, 1.54) is 31.6 Å². The van der Waals surface area contributed by atoms with E-state index in [4.69, 9.17) is 17.3 Å². The predicted molar refractivity (Wildman–Crippen MR) is 118 cm³/mol. The van der Waals surface area contributed by atoms with Gasteiger partial charge < -0.3 is 20.5 Å². The molecule has 1 unspecified atom stereocenters. The number of nitrogens with two attached hydrogens (primary N) is 1. The van der Waals surface area contributed by atoms with Crippen LogP contribution in [0.25, 0.3) is 22.3 Å². The van der Waals surface area contributed by atoms with E-state index in [2.05, 4.69) is 31.5 Å². The van der Waals surface area contributed by atoms with Crippen LogP contribution in [0.4, 0.5) is 19.0 Å². The number of halogens is 4. The van der Waals surface area contributed by atoms with Gasteiger partial charge in [0.15, 0.2) is 11.9 Å². The molecule has 2 aromatic heterocycles. The van der Waals surface area contributed by atoms with Gasteiger partial charge in [0.1, 0.15) is 5.82 Å². The molecule has 1 aliphatic heterocycles. The van der Waals surface area contributed by atoms with Crippen molar-refractivity contribution in [2.24, 2.45) is 0 Å². The number of amides is 1. The van der Waals surface area contributed by atoms with Gasteiger partial charge in [-0.2, -0.15) is 13.2 Å². The summed E-state index contributed by atoms with van der Waals surface area (Å²) in [6.45, 7) is -0.466. The molecule has 13 heteroatoms. The number of carbonyl (C=O) groups excluding carboxylic acids is 2. The first-order valence-corrected chi connectivity index (χ1v) is 10.2. The molecule has 35 heavy (non-hydrogen) atoms. The summed E-state index contributed by atoms with van der Waals surface area (Å²) in [4.78, 5) is 37.2. The summed E-state index contributed by atoms with van der Waals surface area (Å²) < 4.78 is 42.2. The molecule has 3 N–H and O–H groups in total.